The molecule has 0 unspecified atom stereocenters. The van der Waals surface area contributed by atoms with Crippen LogP contribution in [0.5, 0.6) is 0 Å². The molecule has 92 valence electrons. The summed E-state index contributed by atoms with van der Waals surface area (Å²) < 4.78 is 0. The molecule has 1 heterocycles. The number of piperazine rings is 1. The van der Waals surface area contributed by atoms with Crippen LogP contribution in [0.2, 0.25) is 0 Å². The predicted molar refractivity (Wildman–Crippen MR) is 64.4 cm³/mol. The van der Waals surface area contributed by atoms with E-state index in [2.05, 4.69) is 6.92 Å². The number of hydrogen-bond acceptors (Lipinski definition) is 1. The number of amides is 1. The van der Waals surface area contributed by atoms with Crippen LogP contribution in [0.4, 0.5) is 0 Å². The highest BCUT2D eigenvalue weighted by Gasteiger charge is 2.31. The SMILES string of the molecule is CC(=O)N1CC[NH+]([C@@H]2CCC[C@@H](C)C2)CC1. The zero-order chi connectivity index (χ0) is 11.5. The molecule has 2 rings (SSSR count). The van der Waals surface area contributed by atoms with Crippen molar-refractivity contribution < 1.29 is 9.69 Å². The molecule has 0 radical (unpaired) electrons. The molecule has 0 aromatic carbocycles. The molecule has 1 saturated carbocycles. The first kappa shape index (κ1) is 11.9. The molecule has 1 N–H and O–H groups in total. The van der Waals surface area contributed by atoms with Gasteiger partial charge in [0, 0.05) is 13.3 Å². The fourth-order valence-electron chi connectivity index (χ4n) is 3.32. The molecule has 16 heavy (non-hydrogen) atoms. The van der Waals surface area contributed by atoms with Gasteiger partial charge in [0.05, 0.1) is 32.2 Å². The van der Waals surface area contributed by atoms with Gasteiger partial charge in [0.25, 0.3) is 0 Å². The molecule has 0 aromatic rings. The standard InChI is InChI=1S/C13H24N2O/c1-11-4-3-5-13(10-11)15-8-6-14(7-9-15)12(2)16/h11,13H,3-10H2,1-2H3/p+1/t11-,13-/m1/s1. The van der Waals surface area contributed by atoms with Crippen molar-refractivity contribution in [2.45, 2.75) is 45.6 Å². The molecular weight excluding hydrogens is 200 g/mol. The molecule has 2 aliphatic rings. The molecule has 0 aromatic heterocycles. The highest BCUT2D eigenvalue weighted by molar-refractivity contribution is 5.73. The van der Waals surface area contributed by atoms with Gasteiger partial charge in [0.2, 0.25) is 5.91 Å². The Bertz CT molecular complexity index is 246. The lowest BCUT2D eigenvalue weighted by Crippen LogP contribution is -3.18. The fourth-order valence-corrected chi connectivity index (χ4v) is 3.32. The second-order valence-electron chi connectivity index (χ2n) is 5.63. The average molecular weight is 225 g/mol. The summed E-state index contributed by atoms with van der Waals surface area (Å²) in [6.45, 7) is 8.34. The van der Waals surface area contributed by atoms with Crippen molar-refractivity contribution >= 4 is 5.91 Å². The fraction of sp³-hybridized carbons (Fsp3) is 0.923. The summed E-state index contributed by atoms with van der Waals surface area (Å²) in [7, 11) is 0. The van der Waals surface area contributed by atoms with Gasteiger partial charge >= 0.3 is 0 Å². The van der Waals surface area contributed by atoms with Gasteiger partial charge in [0.15, 0.2) is 0 Å². The summed E-state index contributed by atoms with van der Waals surface area (Å²) >= 11 is 0. The van der Waals surface area contributed by atoms with Gasteiger partial charge < -0.3 is 9.80 Å². The minimum Gasteiger partial charge on any atom is -0.332 e. The number of nitrogens with one attached hydrogen (secondary N) is 1. The maximum absolute atomic E-state index is 11.3. The van der Waals surface area contributed by atoms with E-state index in [0.717, 1.165) is 38.1 Å². The van der Waals surface area contributed by atoms with E-state index in [1.165, 1.54) is 25.7 Å². The van der Waals surface area contributed by atoms with Crippen LogP contribution in [0.3, 0.4) is 0 Å². The number of nitrogens with zero attached hydrogens (tertiary/aromatic N) is 1. The maximum atomic E-state index is 11.3. The summed E-state index contributed by atoms with van der Waals surface area (Å²) in [5.41, 5.74) is 0. The summed E-state index contributed by atoms with van der Waals surface area (Å²) in [5.74, 6) is 1.16. The van der Waals surface area contributed by atoms with Crippen molar-refractivity contribution in [3.8, 4) is 0 Å². The largest absolute Gasteiger partial charge is 0.332 e. The van der Waals surface area contributed by atoms with Crippen LogP contribution < -0.4 is 4.90 Å². The molecule has 0 spiro atoms. The number of carbonyl (C=O) groups excluding carboxylic acids is 1. The third kappa shape index (κ3) is 2.76. The van der Waals surface area contributed by atoms with E-state index in [-0.39, 0.29) is 5.91 Å². The van der Waals surface area contributed by atoms with E-state index in [1.54, 1.807) is 11.8 Å². The van der Waals surface area contributed by atoms with Crippen LogP contribution in [0.25, 0.3) is 0 Å². The van der Waals surface area contributed by atoms with Crippen LogP contribution in [-0.4, -0.2) is 43.0 Å². The summed E-state index contributed by atoms with van der Waals surface area (Å²) in [6, 6.07) is 0.873. The molecule has 1 aliphatic carbocycles. The van der Waals surface area contributed by atoms with Crippen molar-refractivity contribution in [1.29, 1.82) is 0 Å². The minimum absolute atomic E-state index is 0.246. The van der Waals surface area contributed by atoms with Gasteiger partial charge in [-0.25, -0.2) is 0 Å². The Balaban J connectivity index is 1.81. The third-order valence-electron chi connectivity index (χ3n) is 4.36. The van der Waals surface area contributed by atoms with Crippen molar-refractivity contribution in [3.05, 3.63) is 0 Å². The lowest BCUT2D eigenvalue weighted by atomic mass is 9.86. The molecule has 3 heteroatoms. The number of quaternary nitrogens is 1. The van der Waals surface area contributed by atoms with Gasteiger partial charge in [-0.1, -0.05) is 13.3 Å². The lowest BCUT2D eigenvalue weighted by Gasteiger charge is -2.39. The van der Waals surface area contributed by atoms with E-state index in [0.29, 0.717) is 0 Å². The predicted octanol–water partition coefficient (Wildman–Crippen LogP) is 0.312. The smallest absolute Gasteiger partial charge is 0.219 e. The second kappa shape index (κ2) is 5.17. The molecule has 1 amide bonds. The van der Waals surface area contributed by atoms with Gasteiger partial charge in [0.1, 0.15) is 0 Å². The Kier molecular flexibility index (Phi) is 3.85. The molecule has 1 saturated heterocycles. The van der Waals surface area contributed by atoms with Crippen LogP contribution in [-0.2, 0) is 4.79 Å². The lowest BCUT2D eigenvalue weighted by molar-refractivity contribution is -0.930. The topological polar surface area (TPSA) is 24.8 Å². The van der Waals surface area contributed by atoms with E-state index in [4.69, 9.17) is 0 Å². The number of hydrogen-bond donors (Lipinski definition) is 1. The number of rotatable bonds is 1. The van der Waals surface area contributed by atoms with Crippen molar-refractivity contribution in [2.24, 2.45) is 5.92 Å². The molecule has 2 atom stereocenters. The van der Waals surface area contributed by atoms with Crippen molar-refractivity contribution in [2.75, 3.05) is 26.2 Å². The van der Waals surface area contributed by atoms with Gasteiger partial charge in [-0.15, -0.1) is 0 Å². The first-order chi connectivity index (χ1) is 7.66. The van der Waals surface area contributed by atoms with Crippen LogP contribution in [0.15, 0.2) is 0 Å². The highest BCUT2D eigenvalue weighted by atomic mass is 16.2. The van der Waals surface area contributed by atoms with E-state index >= 15 is 0 Å². The summed E-state index contributed by atoms with van der Waals surface area (Å²) in [4.78, 5) is 15.0. The van der Waals surface area contributed by atoms with E-state index in [9.17, 15) is 4.79 Å². The minimum atomic E-state index is 0.246. The van der Waals surface area contributed by atoms with Crippen LogP contribution >= 0.6 is 0 Å². The van der Waals surface area contributed by atoms with Crippen LogP contribution in [0.1, 0.15) is 39.5 Å². The van der Waals surface area contributed by atoms with Crippen LogP contribution in [0, 0.1) is 5.92 Å². The van der Waals surface area contributed by atoms with Gasteiger partial charge in [-0.05, 0) is 18.8 Å². The first-order valence-electron chi connectivity index (χ1n) is 6.77. The Morgan fingerprint density at radius 1 is 1.25 bits per heavy atom. The Hall–Kier alpha value is -0.570. The normalized spacial score (nSPS) is 32.8. The number of carbonyl (C=O) groups is 1. The van der Waals surface area contributed by atoms with E-state index < -0.39 is 0 Å². The second-order valence-corrected chi connectivity index (χ2v) is 5.63. The Morgan fingerprint density at radius 3 is 2.50 bits per heavy atom. The zero-order valence-corrected chi connectivity index (χ0v) is 10.7. The Morgan fingerprint density at radius 2 is 1.94 bits per heavy atom. The molecule has 2 fully saturated rings. The summed E-state index contributed by atoms with van der Waals surface area (Å²) in [6.07, 6.45) is 5.63. The summed E-state index contributed by atoms with van der Waals surface area (Å²) in [5, 5.41) is 0. The van der Waals surface area contributed by atoms with Crippen molar-refractivity contribution in [3.63, 3.8) is 0 Å². The maximum Gasteiger partial charge on any atom is 0.219 e. The zero-order valence-electron chi connectivity index (χ0n) is 10.7. The first-order valence-corrected chi connectivity index (χ1v) is 6.77. The monoisotopic (exact) mass is 225 g/mol. The quantitative estimate of drug-likeness (QED) is 0.683. The van der Waals surface area contributed by atoms with Crippen molar-refractivity contribution in [1.82, 2.24) is 4.90 Å². The third-order valence-corrected chi connectivity index (χ3v) is 4.36. The van der Waals surface area contributed by atoms with Gasteiger partial charge in [-0.2, -0.15) is 0 Å². The molecule has 0 bridgehead atoms. The Labute approximate surface area is 98.8 Å². The highest BCUT2D eigenvalue weighted by Crippen LogP contribution is 2.22. The molecule has 3 nitrogen and oxygen atoms in total. The van der Waals surface area contributed by atoms with E-state index in [1.807, 2.05) is 4.90 Å². The molecular formula is C13H25N2O+. The van der Waals surface area contributed by atoms with Gasteiger partial charge in [-0.3, -0.25) is 4.79 Å². The molecule has 1 aliphatic heterocycles. The average Bonchev–Trinajstić information content (AvgIpc) is 2.29.